The average Bonchev–Trinajstić information content (AvgIpc) is 3.38. The van der Waals surface area contributed by atoms with E-state index in [0.717, 1.165) is 17.6 Å². The van der Waals surface area contributed by atoms with Crippen LogP contribution in [-0.4, -0.2) is 42.5 Å². The van der Waals surface area contributed by atoms with Gasteiger partial charge >= 0.3 is 0 Å². The highest BCUT2D eigenvalue weighted by Crippen LogP contribution is 2.48. The number of rotatable bonds is 5. The maximum absolute atomic E-state index is 6.14. The second kappa shape index (κ2) is 6.74. The molecule has 3 heteroatoms. The monoisotopic (exact) mass is 334 g/mol. The fourth-order valence-electron chi connectivity index (χ4n) is 4.69. The maximum Gasteiger partial charge on any atom is 0.0464 e. The van der Waals surface area contributed by atoms with Crippen LogP contribution in [0.4, 0.5) is 0 Å². The van der Waals surface area contributed by atoms with Gasteiger partial charge in [0.05, 0.1) is 0 Å². The van der Waals surface area contributed by atoms with Crippen molar-refractivity contribution in [3.63, 3.8) is 0 Å². The minimum absolute atomic E-state index is 0.191. The molecule has 3 atom stereocenters. The SMILES string of the molecule is CCN(C)C1CCC(c2ccc(Cl)cc2)(N(C)C2CC2)CC1C. The summed E-state index contributed by atoms with van der Waals surface area (Å²) >= 11 is 6.14. The summed E-state index contributed by atoms with van der Waals surface area (Å²) in [5, 5.41) is 0.838. The smallest absolute Gasteiger partial charge is 0.0464 e. The summed E-state index contributed by atoms with van der Waals surface area (Å²) in [5.74, 6) is 0.713. The number of hydrogen-bond acceptors (Lipinski definition) is 2. The average molecular weight is 335 g/mol. The van der Waals surface area contributed by atoms with Crippen LogP contribution in [0.2, 0.25) is 5.02 Å². The molecule has 2 saturated carbocycles. The molecule has 0 aliphatic heterocycles. The van der Waals surface area contributed by atoms with E-state index >= 15 is 0 Å². The molecule has 23 heavy (non-hydrogen) atoms. The minimum Gasteiger partial charge on any atom is -0.303 e. The first kappa shape index (κ1) is 17.3. The van der Waals surface area contributed by atoms with Crippen LogP contribution in [0.1, 0.15) is 51.5 Å². The topological polar surface area (TPSA) is 6.48 Å². The highest BCUT2D eigenvalue weighted by Gasteiger charge is 2.47. The largest absolute Gasteiger partial charge is 0.303 e. The van der Waals surface area contributed by atoms with Crippen molar-refractivity contribution < 1.29 is 0 Å². The molecule has 2 aliphatic carbocycles. The van der Waals surface area contributed by atoms with Crippen molar-refractivity contribution in [2.75, 3.05) is 20.6 Å². The predicted molar refractivity (Wildman–Crippen MR) is 99.0 cm³/mol. The standard InChI is InChI=1S/C20H31ClN2/c1-5-22(3)19-12-13-20(14-15(19)2,23(4)18-10-11-18)16-6-8-17(21)9-7-16/h6-9,15,18-19H,5,10-14H2,1-4H3. The quantitative estimate of drug-likeness (QED) is 0.765. The summed E-state index contributed by atoms with van der Waals surface area (Å²) in [6, 6.07) is 10.1. The van der Waals surface area contributed by atoms with Crippen LogP contribution in [0.3, 0.4) is 0 Å². The lowest BCUT2D eigenvalue weighted by molar-refractivity contribution is 0.00531. The van der Waals surface area contributed by atoms with Gasteiger partial charge in [-0.05, 0) is 76.4 Å². The summed E-state index contributed by atoms with van der Waals surface area (Å²) in [4.78, 5) is 5.22. The van der Waals surface area contributed by atoms with Crippen LogP contribution < -0.4 is 0 Å². The van der Waals surface area contributed by atoms with E-state index in [2.05, 4.69) is 62.0 Å². The summed E-state index contributed by atoms with van der Waals surface area (Å²) < 4.78 is 0. The van der Waals surface area contributed by atoms with Crippen LogP contribution in [-0.2, 0) is 5.54 Å². The first-order chi connectivity index (χ1) is 11.0. The van der Waals surface area contributed by atoms with E-state index < -0.39 is 0 Å². The fourth-order valence-corrected chi connectivity index (χ4v) is 4.81. The molecule has 2 fully saturated rings. The fraction of sp³-hybridized carbons (Fsp3) is 0.700. The van der Waals surface area contributed by atoms with Crippen LogP contribution in [0.15, 0.2) is 24.3 Å². The molecule has 0 N–H and O–H groups in total. The van der Waals surface area contributed by atoms with Crippen molar-refractivity contribution in [1.29, 1.82) is 0 Å². The molecule has 2 nitrogen and oxygen atoms in total. The molecule has 1 aromatic carbocycles. The number of nitrogens with zero attached hydrogens (tertiary/aromatic N) is 2. The third-order valence-corrected chi connectivity index (χ3v) is 6.64. The van der Waals surface area contributed by atoms with E-state index in [-0.39, 0.29) is 5.54 Å². The minimum atomic E-state index is 0.191. The van der Waals surface area contributed by atoms with Crippen LogP contribution in [0, 0.1) is 5.92 Å². The zero-order valence-electron chi connectivity index (χ0n) is 15.1. The molecule has 0 spiro atoms. The zero-order valence-corrected chi connectivity index (χ0v) is 15.8. The second-order valence-electron chi connectivity index (χ2n) is 7.74. The predicted octanol–water partition coefficient (Wildman–Crippen LogP) is 4.77. The summed E-state index contributed by atoms with van der Waals surface area (Å²) in [6.07, 6.45) is 6.50. The maximum atomic E-state index is 6.14. The van der Waals surface area contributed by atoms with Gasteiger partial charge < -0.3 is 4.90 Å². The molecular formula is C20H31ClN2. The molecule has 0 aromatic heterocycles. The molecule has 0 heterocycles. The van der Waals surface area contributed by atoms with Gasteiger partial charge in [-0.2, -0.15) is 0 Å². The lowest BCUT2D eigenvalue weighted by Crippen LogP contribution is -2.53. The van der Waals surface area contributed by atoms with Crippen LogP contribution >= 0.6 is 11.6 Å². The third-order valence-electron chi connectivity index (χ3n) is 6.39. The normalized spacial score (nSPS) is 31.8. The lowest BCUT2D eigenvalue weighted by atomic mass is 9.69. The van der Waals surface area contributed by atoms with Gasteiger partial charge in [-0.25, -0.2) is 0 Å². The second-order valence-corrected chi connectivity index (χ2v) is 8.18. The Kier molecular flexibility index (Phi) is 5.06. The molecule has 2 aliphatic rings. The first-order valence-electron chi connectivity index (χ1n) is 9.17. The molecule has 128 valence electrons. The van der Waals surface area contributed by atoms with E-state index in [4.69, 9.17) is 11.6 Å². The Balaban J connectivity index is 1.90. The van der Waals surface area contributed by atoms with Crippen LogP contribution in [0.25, 0.3) is 0 Å². The Morgan fingerprint density at radius 2 is 1.78 bits per heavy atom. The Bertz CT molecular complexity index is 525. The van der Waals surface area contributed by atoms with E-state index in [9.17, 15) is 0 Å². The summed E-state index contributed by atoms with van der Waals surface area (Å²) in [7, 11) is 4.63. The Morgan fingerprint density at radius 3 is 2.30 bits per heavy atom. The van der Waals surface area contributed by atoms with Crippen LogP contribution in [0.5, 0.6) is 0 Å². The van der Waals surface area contributed by atoms with Crippen molar-refractivity contribution in [3.8, 4) is 0 Å². The summed E-state index contributed by atoms with van der Waals surface area (Å²) in [6.45, 7) is 5.85. The van der Waals surface area contributed by atoms with Gasteiger partial charge in [0, 0.05) is 22.6 Å². The molecular weight excluding hydrogens is 304 g/mol. The highest BCUT2D eigenvalue weighted by atomic mass is 35.5. The molecule has 3 rings (SSSR count). The molecule has 0 saturated heterocycles. The van der Waals surface area contributed by atoms with Crippen molar-refractivity contribution >= 4 is 11.6 Å². The van der Waals surface area contributed by atoms with Crippen molar-refractivity contribution in [1.82, 2.24) is 9.80 Å². The van der Waals surface area contributed by atoms with E-state index in [0.29, 0.717) is 12.0 Å². The van der Waals surface area contributed by atoms with Gasteiger partial charge in [-0.15, -0.1) is 0 Å². The summed E-state index contributed by atoms with van der Waals surface area (Å²) in [5.41, 5.74) is 1.65. The van der Waals surface area contributed by atoms with Crippen molar-refractivity contribution in [2.45, 2.75) is 63.6 Å². The molecule has 1 aromatic rings. The van der Waals surface area contributed by atoms with Gasteiger partial charge in [0.2, 0.25) is 0 Å². The Morgan fingerprint density at radius 1 is 1.13 bits per heavy atom. The third kappa shape index (κ3) is 3.31. The molecule has 3 unspecified atom stereocenters. The number of benzene rings is 1. The number of hydrogen-bond donors (Lipinski definition) is 0. The highest BCUT2D eigenvalue weighted by molar-refractivity contribution is 6.30. The van der Waals surface area contributed by atoms with Gasteiger partial charge in [-0.3, -0.25) is 4.90 Å². The van der Waals surface area contributed by atoms with Gasteiger partial charge in [0.1, 0.15) is 0 Å². The molecule has 0 amide bonds. The molecule has 0 radical (unpaired) electrons. The first-order valence-corrected chi connectivity index (χ1v) is 9.55. The molecule has 0 bridgehead atoms. The lowest BCUT2D eigenvalue weighted by Gasteiger charge is -2.51. The van der Waals surface area contributed by atoms with Crippen molar-refractivity contribution in [2.24, 2.45) is 5.92 Å². The van der Waals surface area contributed by atoms with Gasteiger partial charge in [0.25, 0.3) is 0 Å². The van der Waals surface area contributed by atoms with Crippen molar-refractivity contribution in [3.05, 3.63) is 34.9 Å². The van der Waals surface area contributed by atoms with E-state index in [1.807, 2.05) is 0 Å². The van der Waals surface area contributed by atoms with E-state index in [1.54, 1.807) is 0 Å². The van der Waals surface area contributed by atoms with E-state index in [1.165, 1.54) is 37.7 Å². The van der Waals surface area contributed by atoms with Gasteiger partial charge in [0.15, 0.2) is 0 Å². The number of halogens is 1. The Labute approximate surface area is 146 Å². The Hall–Kier alpha value is -0.570. The van der Waals surface area contributed by atoms with Gasteiger partial charge in [-0.1, -0.05) is 37.6 Å². The zero-order chi connectivity index (χ0) is 16.6.